The lowest BCUT2D eigenvalue weighted by molar-refractivity contribution is 0.0505. The molecule has 164 valence electrons. The topological polar surface area (TPSA) is 67.8 Å². The second-order valence-electron chi connectivity index (χ2n) is 7.11. The van der Waals surface area contributed by atoms with Crippen LogP contribution in [0.1, 0.15) is 31.0 Å². The van der Waals surface area contributed by atoms with E-state index in [-0.39, 0.29) is 29.4 Å². The number of halogens is 2. The zero-order chi connectivity index (χ0) is 20.5. The summed E-state index contributed by atoms with van der Waals surface area (Å²) in [5, 5.41) is 7.56. The molecule has 8 heteroatoms. The summed E-state index contributed by atoms with van der Waals surface area (Å²) in [6.07, 6.45) is 3.56. The fourth-order valence-corrected chi connectivity index (χ4v) is 3.82. The van der Waals surface area contributed by atoms with Crippen LogP contribution >= 0.6 is 35.6 Å². The van der Waals surface area contributed by atoms with Crippen molar-refractivity contribution in [3.8, 4) is 5.75 Å². The molecule has 30 heavy (non-hydrogen) atoms. The van der Waals surface area contributed by atoms with E-state index in [2.05, 4.69) is 22.5 Å². The first-order valence-electron chi connectivity index (χ1n) is 10.0. The predicted octanol–water partition coefficient (Wildman–Crippen LogP) is 4.17. The van der Waals surface area contributed by atoms with Gasteiger partial charge in [0.05, 0.1) is 19.3 Å². The van der Waals surface area contributed by atoms with E-state index in [0.717, 1.165) is 42.4 Å². The summed E-state index contributed by atoms with van der Waals surface area (Å²) in [5.41, 5.74) is 1.90. The molecule has 0 atom stereocenters. The Balaban J connectivity index is 0.00000320. The Morgan fingerprint density at radius 1 is 1.23 bits per heavy atom. The van der Waals surface area contributed by atoms with Crippen LogP contribution in [-0.4, -0.2) is 44.4 Å². The third kappa shape index (κ3) is 6.46. The molecule has 1 aromatic carbocycles. The molecule has 1 fully saturated rings. The quantitative estimate of drug-likeness (QED) is 0.311. The van der Waals surface area contributed by atoms with Crippen molar-refractivity contribution in [2.45, 2.75) is 31.7 Å². The fraction of sp³-hybridized carbons (Fsp3) is 0.455. The van der Waals surface area contributed by atoms with Gasteiger partial charge in [0.1, 0.15) is 5.75 Å². The number of hydrogen-bond donors (Lipinski definition) is 2. The third-order valence-corrected chi connectivity index (χ3v) is 5.48. The number of ether oxygens (including phenoxy) is 2. The summed E-state index contributed by atoms with van der Waals surface area (Å²) >= 11 is 6.33. The lowest BCUT2D eigenvalue weighted by Crippen LogP contribution is -2.48. The third-order valence-electron chi connectivity index (χ3n) is 5.25. The van der Waals surface area contributed by atoms with Crippen LogP contribution in [0.2, 0.25) is 5.02 Å². The smallest absolute Gasteiger partial charge is 0.191 e. The molecule has 1 aromatic heterocycles. The minimum Gasteiger partial charge on any atom is -0.496 e. The summed E-state index contributed by atoms with van der Waals surface area (Å²) in [5.74, 6) is 1.62. The van der Waals surface area contributed by atoms with Crippen LogP contribution in [0.3, 0.4) is 0 Å². The predicted molar refractivity (Wildman–Crippen MR) is 132 cm³/mol. The van der Waals surface area contributed by atoms with E-state index in [0.29, 0.717) is 31.3 Å². The first-order valence-corrected chi connectivity index (χ1v) is 10.4. The summed E-state index contributed by atoms with van der Waals surface area (Å²) in [6.45, 7) is 5.48. The maximum Gasteiger partial charge on any atom is 0.191 e. The van der Waals surface area contributed by atoms with E-state index in [1.807, 2.05) is 36.4 Å². The van der Waals surface area contributed by atoms with Crippen LogP contribution in [-0.2, 0) is 16.7 Å². The summed E-state index contributed by atoms with van der Waals surface area (Å²) in [7, 11) is 1.70. The van der Waals surface area contributed by atoms with Crippen LogP contribution in [0.5, 0.6) is 5.75 Å². The Hall–Kier alpha value is -1.58. The minimum atomic E-state index is -0.143. The second kappa shape index (κ2) is 12.3. The van der Waals surface area contributed by atoms with Crippen molar-refractivity contribution in [2.24, 2.45) is 4.99 Å². The molecule has 0 radical (unpaired) electrons. The Morgan fingerprint density at radius 3 is 2.70 bits per heavy atom. The highest BCUT2D eigenvalue weighted by molar-refractivity contribution is 14.0. The average Bonchev–Trinajstić information content (AvgIpc) is 2.77. The van der Waals surface area contributed by atoms with Gasteiger partial charge in [0.2, 0.25) is 0 Å². The lowest BCUT2D eigenvalue weighted by Gasteiger charge is -2.39. The van der Waals surface area contributed by atoms with Gasteiger partial charge in [-0.05, 0) is 50.1 Å². The number of guanidine groups is 1. The van der Waals surface area contributed by atoms with Crippen molar-refractivity contribution in [1.29, 1.82) is 0 Å². The van der Waals surface area contributed by atoms with Gasteiger partial charge in [0, 0.05) is 48.5 Å². The van der Waals surface area contributed by atoms with Gasteiger partial charge in [0.25, 0.3) is 0 Å². The monoisotopic (exact) mass is 544 g/mol. The molecule has 6 nitrogen and oxygen atoms in total. The molecule has 2 heterocycles. The van der Waals surface area contributed by atoms with E-state index in [1.54, 1.807) is 13.3 Å². The first-order chi connectivity index (χ1) is 14.2. The van der Waals surface area contributed by atoms with Gasteiger partial charge in [-0.15, -0.1) is 24.0 Å². The highest BCUT2D eigenvalue weighted by Crippen LogP contribution is 2.40. The van der Waals surface area contributed by atoms with Crippen molar-refractivity contribution in [2.75, 3.05) is 33.4 Å². The number of nitrogens with one attached hydrogen (secondary N) is 2. The number of hydrogen-bond acceptors (Lipinski definition) is 4. The van der Waals surface area contributed by atoms with Gasteiger partial charge in [-0.25, -0.2) is 4.99 Å². The van der Waals surface area contributed by atoms with Crippen molar-refractivity contribution >= 4 is 41.5 Å². The highest BCUT2D eigenvalue weighted by Gasteiger charge is 2.37. The number of pyridine rings is 1. The number of aromatic nitrogens is 1. The number of rotatable bonds is 7. The Labute approximate surface area is 200 Å². The zero-order valence-electron chi connectivity index (χ0n) is 17.5. The van der Waals surface area contributed by atoms with Crippen LogP contribution in [0.25, 0.3) is 0 Å². The molecule has 0 amide bonds. The standard InChI is InChI=1S/C22H29ClN4O2.HI/c1-3-24-21(26-15-18-6-4-5-11-25-18)27-16-22(9-12-29-13-10-22)19-14-17(23)7-8-20(19)28-2;/h4-8,11,14H,3,9-10,12-13,15-16H2,1-2H3,(H2,24,26,27);1H. The summed E-state index contributed by atoms with van der Waals surface area (Å²) in [4.78, 5) is 9.04. The number of benzene rings is 1. The van der Waals surface area contributed by atoms with Crippen molar-refractivity contribution in [3.63, 3.8) is 0 Å². The van der Waals surface area contributed by atoms with E-state index < -0.39 is 0 Å². The molecular formula is C22H30ClIN4O2. The van der Waals surface area contributed by atoms with Crippen LogP contribution in [0.15, 0.2) is 47.6 Å². The van der Waals surface area contributed by atoms with Gasteiger partial charge in [-0.3, -0.25) is 4.98 Å². The Morgan fingerprint density at radius 2 is 2.03 bits per heavy atom. The molecule has 3 rings (SSSR count). The van der Waals surface area contributed by atoms with E-state index in [9.17, 15) is 0 Å². The Bertz CT molecular complexity index is 814. The molecule has 0 bridgehead atoms. The van der Waals surface area contributed by atoms with Crippen LogP contribution < -0.4 is 15.4 Å². The van der Waals surface area contributed by atoms with Gasteiger partial charge < -0.3 is 20.1 Å². The minimum absolute atomic E-state index is 0. The molecule has 0 unspecified atom stereocenters. The summed E-state index contributed by atoms with van der Waals surface area (Å²) in [6, 6.07) is 11.7. The Kier molecular flexibility index (Phi) is 10.1. The lowest BCUT2D eigenvalue weighted by atomic mass is 9.73. The molecule has 2 N–H and O–H groups in total. The maximum atomic E-state index is 6.33. The van der Waals surface area contributed by atoms with E-state index >= 15 is 0 Å². The zero-order valence-corrected chi connectivity index (χ0v) is 20.6. The van der Waals surface area contributed by atoms with Gasteiger partial charge in [-0.2, -0.15) is 0 Å². The van der Waals surface area contributed by atoms with E-state index in [4.69, 9.17) is 26.1 Å². The molecule has 0 saturated carbocycles. The number of aliphatic imine (C=N–C) groups is 1. The van der Waals surface area contributed by atoms with Gasteiger partial charge in [0.15, 0.2) is 5.96 Å². The van der Waals surface area contributed by atoms with Crippen LogP contribution in [0.4, 0.5) is 0 Å². The second-order valence-corrected chi connectivity index (χ2v) is 7.54. The normalized spacial score (nSPS) is 15.8. The maximum absolute atomic E-state index is 6.33. The number of nitrogens with zero attached hydrogens (tertiary/aromatic N) is 2. The fourth-order valence-electron chi connectivity index (χ4n) is 3.64. The summed E-state index contributed by atoms with van der Waals surface area (Å²) < 4.78 is 11.3. The molecule has 0 spiro atoms. The van der Waals surface area contributed by atoms with Crippen molar-refractivity contribution in [3.05, 3.63) is 58.9 Å². The van der Waals surface area contributed by atoms with Gasteiger partial charge in [-0.1, -0.05) is 17.7 Å². The molecule has 1 aliphatic heterocycles. The molecule has 0 aliphatic carbocycles. The molecule has 2 aromatic rings. The SMILES string of the molecule is CCNC(=NCc1ccccn1)NCC1(c2cc(Cl)ccc2OC)CCOCC1.I. The van der Waals surface area contributed by atoms with E-state index in [1.165, 1.54) is 0 Å². The highest BCUT2D eigenvalue weighted by atomic mass is 127. The largest absolute Gasteiger partial charge is 0.496 e. The van der Waals surface area contributed by atoms with Crippen LogP contribution in [0, 0.1) is 0 Å². The molecule has 1 saturated heterocycles. The molecule has 1 aliphatic rings. The van der Waals surface area contributed by atoms with Crippen molar-refractivity contribution in [1.82, 2.24) is 15.6 Å². The first kappa shape index (κ1) is 24.7. The van der Waals surface area contributed by atoms with Gasteiger partial charge >= 0.3 is 0 Å². The van der Waals surface area contributed by atoms with Crippen molar-refractivity contribution < 1.29 is 9.47 Å². The average molecular weight is 545 g/mol. The number of methoxy groups -OCH3 is 1. The molecular weight excluding hydrogens is 515 g/mol.